The molecule has 0 aliphatic carbocycles. The van der Waals surface area contributed by atoms with Crippen LogP contribution in [-0.4, -0.2) is 105 Å². The number of benzene rings is 15. The maximum Gasteiger partial charge on any atom is 0.130 e. The predicted molar refractivity (Wildman–Crippen MR) is 603 cm³/mol. The topological polar surface area (TPSA) is 291 Å². The molecule has 0 saturated heterocycles. The highest BCUT2D eigenvalue weighted by molar-refractivity contribution is 8.02. The van der Waals surface area contributed by atoms with E-state index in [1.165, 1.54) is 24.7 Å². The number of thioether (sulfide) groups is 1. The molecule has 17 aromatic rings. The zero-order chi connectivity index (χ0) is 106. The van der Waals surface area contributed by atoms with E-state index in [1.807, 2.05) is 273 Å². The third-order valence-electron chi connectivity index (χ3n) is 20.5. The van der Waals surface area contributed by atoms with E-state index in [-0.39, 0.29) is 46.9 Å². The van der Waals surface area contributed by atoms with E-state index in [0.29, 0.717) is 51.7 Å². The van der Waals surface area contributed by atoms with Gasteiger partial charge in [0.05, 0.1) is 102 Å². The average molecular weight is 2060 g/mol. The van der Waals surface area contributed by atoms with Crippen molar-refractivity contribution in [2.75, 3.05) is 64.0 Å². The standard InChI is InChI=1S/C17H14O2S.C16H16O4.3C16H16O3.C15H14O3.C15H14O2S.C13H12O2S/c1-19-15-9-12(8-14(18)11-15)6-7-16-10-13-4-2-3-5-17(13)20-16;1-18-14-4-3-5-15(11-14)20-7-6-12-8-13(17)10-16(9-12)19-2;1-12-4-3-5-15(8-12)19-7-6-13-9-14(17)11-16(10-13)18-2;1-12-5-3-4-6-16(12)19-8-7-13-9-14(17)11-15(10-13)18-2;1-18-16-10-13(9-14(11-16)12-17)7-8-19-15-5-3-2-4-6-15;1-17-15-10-12(9-13(16)11-15)7-8-18-14-5-3-2-4-6-14;1-17-14-10-12(9-13(16)11-14)7-8-18-15-5-3-2-4-6-15;1-15-12-8-10(7-11(14)9-12)4-5-13-3-2-6-16-13/h2-11,18H,1H3;3-11,17H,1-2H3;2*3-11,17H,1-2H3;2-11,17H,12H2,1H3;2*2-11,16H,1H3;2-9,14H,1H3/b3*7-6+;4*8-7+;5-4+. The zero-order valence-electron chi connectivity index (χ0n) is 84.0. The van der Waals surface area contributed by atoms with Gasteiger partial charge in [-0.3, -0.25) is 0 Å². The van der Waals surface area contributed by atoms with Gasteiger partial charge in [-0.15, -0.1) is 22.7 Å². The van der Waals surface area contributed by atoms with Crippen LogP contribution in [0.15, 0.2) is 399 Å². The number of hydrogen-bond donors (Lipinski definition) is 8. The Labute approximate surface area is 881 Å². The number of aryl methyl sites for hydroxylation is 2. The first-order valence-corrected chi connectivity index (χ1v) is 48.8. The Kier molecular flexibility index (Phi) is 47.4. The lowest BCUT2D eigenvalue weighted by atomic mass is 10.1. The maximum absolute atomic E-state index is 9.63. The SMILES string of the molecule is COc1cc(/C=C/Oc2ccccc2)cc(CO)c1.COc1cc(O)cc(/C=C/Oc2cccc(C)c2)c1.COc1cc(O)cc(/C=C/Oc2cccc(OC)c2)c1.COc1cc(O)cc(/C=C/Oc2ccccc2)c1.COc1cc(O)cc(/C=C/Oc2ccccc2C)c1.COc1cc(O)cc(/C=C/Sc2ccccc2)c1.COc1cc(O)cc(/C=C/c2cc3ccccc3s2)c1.COc1cc(O)cc(/C=C/c2cccs2)c1. The van der Waals surface area contributed by atoms with Crippen molar-refractivity contribution in [3.8, 4) is 121 Å². The molecule has 22 nitrogen and oxygen atoms in total. The van der Waals surface area contributed by atoms with Crippen molar-refractivity contribution in [3.05, 3.63) is 465 Å². The molecule has 0 spiro atoms. The van der Waals surface area contributed by atoms with Gasteiger partial charge in [0.25, 0.3) is 0 Å². The Morgan fingerprint density at radius 1 is 0.248 bits per heavy atom. The summed E-state index contributed by atoms with van der Waals surface area (Å²) in [6.07, 6.45) is 26.7. The summed E-state index contributed by atoms with van der Waals surface area (Å²) in [5.41, 5.74) is 9.89. The van der Waals surface area contributed by atoms with Crippen LogP contribution in [0.5, 0.6) is 121 Å². The zero-order valence-corrected chi connectivity index (χ0v) is 86.5. The van der Waals surface area contributed by atoms with E-state index < -0.39 is 0 Å². The third-order valence-corrected chi connectivity index (χ3v) is 23.2. The Morgan fingerprint density at radius 3 is 0.966 bits per heavy atom. The normalized spacial score (nSPS) is 10.7. The fourth-order valence-corrected chi connectivity index (χ4v) is 15.5. The molecule has 0 fully saturated rings. The summed E-state index contributed by atoms with van der Waals surface area (Å²) in [7, 11) is 14.2. The Hall–Kier alpha value is -18.0. The van der Waals surface area contributed by atoms with E-state index >= 15 is 0 Å². The minimum absolute atomic E-state index is 0.0163. The first-order valence-electron chi connectivity index (χ1n) is 46.2. The van der Waals surface area contributed by atoms with Crippen LogP contribution in [0.1, 0.15) is 71.0 Å². The van der Waals surface area contributed by atoms with Crippen LogP contribution >= 0.6 is 34.4 Å². The van der Waals surface area contributed by atoms with Gasteiger partial charge in [0.15, 0.2) is 0 Å². The summed E-state index contributed by atoms with van der Waals surface area (Å²) < 4.78 is 74.6. The van der Waals surface area contributed by atoms with Crippen molar-refractivity contribution in [3.63, 3.8) is 0 Å². The minimum atomic E-state index is -0.0163. The van der Waals surface area contributed by atoms with E-state index in [9.17, 15) is 40.9 Å². The molecule has 0 atom stereocenters. The number of para-hydroxylation sites is 3. The molecule has 0 aliphatic rings. The molecule has 15 aromatic carbocycles. The number of methoxy groups -OCH3 is 9. The maximum atomic E-state index is 9.63. The number of hydrogen-bond acceptors (Lipinski definition) is 25. The van der Waals surface area contributed by atoms with Gasteiger partial charge in [0.1, 0.15) is 121 Å². The second-order valence-corrected chi connectivity index (χ2v) is 34.7. The van der Waals surface area contributed by atoms with Crippen LogP contribution in [0.2, 0.25) is 0 Å². The molecule has 0 saturated carbocycles. The second kappa shape index (κ2) is 62.5. The number of rotatable bonds is 32. The van der Waals surface area contributed by atoms with Crippen LogP contribution in [0.25, 0.3) is 70.8 Å². The highest BCUT2D eigenvalue weighted by Crippen LogP contribution is 2.34. The van der Waals surface area contributed by atoms with Crippen LogP contribution in [0.4, 0.5) is 0 Å². The molecule has 0 radical (unpaired) electrons. The predicted octanol–water partition coefficient (Wildman–Crippen LogP) is 30.2. The van der Waals surface area contributed by atoms with Gasteiger partial charge in [0.2, 0.25) is 0 Å². The summed E-state index contributed by atoms with van der Waals surface area (Å²) in [4.78, 5) is 3.55. The fourth-order valence-electron chi connectivity index (χ4n) is 13.2. The van der Waals surface area contributed by atoms with Crippen molar-refractivity contribution < 1.29 is 107 Å². The van der Waals surface area contributed by atoms with E-state index in [2.05, 4.69) is 36.4 Å². The van der Waals surface area contributed by atoms with Crippen molar-refractivity contribution in [1.82, 2.24) is 0 Å². The summed E-state index contributed by atoms with van der Waals surface area (Å²) in [5, 5.41) is 81.1. The number of phenols is 7. The van der Waals surface area contributed by atoms with E-state index in [4.69, 9.17) is 66.3 Å². The summed E-state index contributed by atoms with van der Waals surface area (Å²) in [5.74, 6) is 10.9. The number of fused-ring (bicyclic) bond motifs is 1. The number of aromatic hydroxyl groups is 7. The minimum Gasteiger partial charge on any atom is -0.508 e. The number of aliphatic hydroxyl groups is 1. The van der Waals surface area contributed by atoms with Crippen molar-refractivity contribution in [2.24, 2.45) is 0 Å². The smallest absolute Gasteiger partial charge is 0.130 e. The van der Waals surface area contributed by atoms with Gasteiger partial charge in [-0.25, -0.2) is 0 Å². The lowest BCUT2D eigenvalue weighted by Crippen LogP contribution is -1.89. The van der Waals surface area contributed by atoms with Crippen LogP contribution in [0, 0.1) is 13.8 Å². The van der Waals surface area contributed by atoms with Crippen LogP contribution in [-0.2, 0) is 6.61 Å². The largest absolute Gasteiger partial charge is 0.508 e. The summed E-state index contributed by atoms with van der Waals surface area (Å²) in [6, 6.07) is 108. The Morgan fingerprint density at radius 2 is 0.577 bits per heavy atom. The van der Waals surface area contributed by atoms with Crippen LogP contribution in [0.3, 0.4) is 0 Å². The number of aliphatic hydroxyl groups excluding tert-OH is 1. The molecule has 2 aromatic heterocycles. The van der Waals surface area contributed by atoms with Crippen molar-refractivity contribution in [1.29, 1.82) is 0 Å². The van der Waals surface area contributed by atoms with Crippen molar-refractivity contribution in [2.45, 2.75) is 25.3 Å². The number of phenolic OH excluding ortho intramolecular Hbond substituents is 7. The quantitative estimate of drug-likeness (QED) is 0.0144. The highest BCUT2D eigenvalue weighted by atomic mass is 32.2. The van der Waals surface area contributed by atoms with Gasteiger partial charge in [-0.2, -0.15) is 0 Å². The van der Waals surface area contributed by atoms with Gasteiger partial charge in [-0.1, -0.05) is 139 Å². The van der Waals surface area contributed by atoms with Gasteiger partial charge < -0.3 is 107 Å². The molecule has 0 unspecified atom stereocenters. The van der Waals surface area contributed by atoms with Gasteiger partial charge in [0, 0.05) is 67.9 Å². The Bertz CT molecular complexity index is 7060. The summed E-state index contributed by atoms with van der Waals surface area (Å²) >= 11 is 5.06. The first kappa shape index (κ1) is 113. The molecule has 8 N–H and O–H groups in total. The first-order chi connectivity index (χ1) is 72.4. The molecule has 764 valence electrons. The van der Waals surface area contributed by atoms with Gasteiger partial charge in [-0.05, 0) is 328 Å². The number of thiophene rings is 2. The molecule has 0 amide bonds. The molecular formula is C124H118O22S3. The lowest BCUT2D eigenvalue weighted by Gasteiger charge is -2.05. The summed E-state index contributed by atoms with van der Waals surface area (Å²) in [6.45, 7) is 3.98. The highest BCUT2D eigenvalue weighted by Gasteiger charge is 2.09. The molecule has 0 aliphatic heterocycles. The Balaban J connectivity index is 0.000000174. The fraction of sp³-hybridized carbons (Fsp3) is 0.0968. The molecule has 0 bridgehead atoms. The molecule has 149 heavy (non-hydrogen) atoms. The molecular weight excluding hydrogens is 1940 g/mol. The van der Waals surface area contributed by atoms with E-state index in [1.54, 1.807) is 257 Å². The lowest BCUT2D eigenvalue weighted by molar-refractivity contribution is 0.281. The number of ether oxygens (including phenoxy) is 14. The van der Waals surface area contributed by atoms with Gasteiger partial charge >= 0.3 is 0 Å². The molecule has 2 heterocycles. The molecule has 17 rings (SSSR count). The molecule has 25 heteroatoms. The van der Waals surface area contributed by atoms with E-state index in [0.717, 1.165) is 89.9 Å². The van der Waals surface area contributed by atoms with Crippen LogP contribution < -0.4 is 66.3 Å². The average Bonchev–Trinajstić information content (AvgIpc) is 1.70. The monoisotopic (exact) mass is 2050 g/mol. The second-order valence-electron chi connectivity index (χ2n) is 31.6. The van der Waals surface area contributed by atoms with Crippen molar-refractivity contribution >= 4 is 105 Å². The third kappa shape index (κ3) is 42.1.